The number of fused-ring (bicyclic) bond motifs is 2. The Hall–Kier alpha value is -2.45. The van der Waals surface area contributed by atoms with Gasteiger partial charge in [-0.25, -0.2) is 0 Å². The van der Waals surface area contributed by atoms with Gasteiger partial charge in [0.2, 0.25) is 0 Å². The molecule has 1 N–H and O–H groups in total. The number of aliphatic imine (C=N–C) groups is 1. The summed E-state index contributed by atoms with van der Waals surface area (Å²) in [6.45, 7) is 2.10. The Kier molecular flexibility index (Phi) is 4.06. The summed E-state index contributed by atoms with van der Waals surface area (Å²) in [4.78, 5) is 4.86. The molecule has 0 radical (unpaired) electrons. The van der Waals surface area contributed by atoms with Crippen molar-refractivity contribution in [2.75, 3.05) is 6.54 Å². The number of nitrogens with zero attached hydrogens (tertiary/aromatic N) is 1. The van der Waals surface area contributed by atoms with Crippen LogP contribution in [0.1, 0.15) is 29.5 Å². The molecule has 1 aromatic carbocycles. The first-order chi connectivity index (χ1) is 12.9. The van der Waals surface area contributed by atoms with Crippen molar-refractivity contribution in [2.45, 2.75) is 32.2 Å². The van der Waals surface area contributed by atoms with E-state index in [9.17, 15) is 0 Å². The lowest BCUT2D eigenvalue weighted by atomic mass is 9.86. The van der Waals surface area contributed by atoms with E-state index in [1.54, 1.807) is 0 Å². The highest BCUT2D eigenvalue weighted by atomic mass is 14.9. The summed E-state index contributed by atoms with van der Waals surface area (Å²) >= 11 is 0. The second-order valence-corrected chi connectivity index (χ2v) is 7.47. The largest absolute Gasteiger partial charge is 0.312 e. The predicted octanol–water partition coefficient (Wildman–Crippen LogP) is 4.60. The van der Waals surface area contributed by atoms with E-state index in [1.165, 1.54) is 39.1 Å². The fourth-order valence-electron chi connectivity index (χ4n) is 4.41. The average Bonchev–Trinajstić information content (AvgIpc) is 3.30. The molecule has 2 heterocycles. The summed E-state index contributed by atoms with van der Waals surface area (Å²) in [5.41, 5.74) is 9.70. The number of hydrogen-bond donors (Lipinski definition) is 1. The lowest BCUT2D eigenvalue weighted by Crippen LogP contribution is -2.23. The zero-order chi connectivity index (χ0) is 17.3. The summed E-state index contributed by atoms with van der Waals surface area (Å²) in [5.74, 6) is 0.317. The number of hydrogen-bond acceptors (Lipinski definition) is 2. The maximum absolute atomic E-state index is 4.86. The van der Waals surface area contributed by atoms with E-state index < -0.39 is 0 Å². The number of allylic oxidation sites excluding steroid dienone is 9. The van der Waals surface area contributed by atoms with E-state index in [4.69, 9.17) is 4.99 Å². The molecule has 1 aromatic rings. The molecule has 2 aliphatic heterocycles. The maximum Gasteiger partial charge on any atom is 0.0549 e. The molecule has 1 unspecified atom stereocenters. The van der Waals surface area contributed by atoms with Crippen LogP contribution in [0, 0.1) is 5.92 Å². The van der Waals surface area contributed by atoms with Crippen molar-refractivity contribution in [3.8, 4) is 0 Å². The normalized spacial score (nSPS) is 23.6. The molecule has 0 saturated heterocycles. The zero-order valence-corrected chi connectivity index (χ0v) is 15.0. The Morgan fingerprint density at radius 2 is 2.04 bits per heavy atom. The first-order valence-corrected chi connectivity index (χ1v) is 9.71. The van der Waals surface area contributed by atoms with Crippen LogP contribution in [0.4, 0.5) is 0 Å². The molecule has 130 valence electrons. The topological polar surface area (TPSA) is 24.4 Å². The van der Waals surface area contributed by atoms with Gasteiger partial charge in [0.25, 0.3) is 0 Å². The lowest BCUT2D eigenvalue weighted by Gasteiger charge is -2.19. The van der Waals surface area contributed by atoms with Gasteiger partial charge in [-0.2, -0.15) is 0 Å². The third kappa shape index (κ3) is 2.85. The molecule has 26 heavy (non-hydrogen) atoms. The second-order valence-electron chi connectivity index (χ2n) is 7.47. The van der Waals surface area contributed by atoms with Crippen molar-refractivity contribution in [3.63, 3.8) is 0 Å². The molecule has 0 amide bonds. The van der Waals surface area contributed by atoms with Gasteiger partial charge in [-0.1, -0.05) is 54.7 Å². The number of benzene rings is 1. The zero-order valence-electron chi connectivity index (χ0n) is 15.0. The van der Waals surface area contributed by atoms with Gasteiger partial charge in [-0.3, -0.25) is 4.99 Å². The smallest absolute Gasteiger partial charge is 0.0549 e. The molecule has 0 spiro atoms. The van der Waals surface area contributed by atoms with Gasteiger partial charge >= 0.3 is 0 Å². The highest BCUT2D eigenvalue weighted by Gasteiger charge is 2.28. The van der Waals surface area contributed by atoms with E-state index >= 15 is 0 Å². The molecule has 2 heteroatoms. The van der Waals surface area contributed by atoms with Gasteiger partial charge in [-0.05, 0) is 65.6 Å². The van der Waals surface area contributed by atoms with E-state index in [0.717, 1.165) is 38.8 Å². The number of rotatable bonds is 3. The Balaban J connectivity index is 1.40. The summed E-state index contributed by atoms with van der Waals surface area (Å²) in [6.07, 6.45) is 20.0. The van der Waals surface area contributed by atoms with Crippen LogP contribution in [-0.2, 0) is 19.4 Å². The van der Waals surface area contributed by atoms with Crippen LogP contribution in [0.15, 0.2) is 82.6 Å². The summed E-state index contributed by atoms with van der Waals surface area (Å²) in [5, 5.41) is 3.49. The van der Waals surface area contributed by atoms with Gasteiger partial charge in [0.1, 0.15) is 0 Å². The molecule has 1 atom stereocenters. The van der Waals surface area contributed by atoms with Crippen LogP contribution in [0.5, 0.6) is 0 Å². The third-order valence-corrected chi connectivity index (χ3v) is 5.79. The molecule has 4 aliphatic rings. The van der Waals surface area contributed by atoms with Crippen molar-refractivity contribution in [1.82, 2.24) is 5.32 Å². The lowest BCUT2D eigenvalue weighted by molar-refractivity contribution is 0.643. The molecule has 0 bridgehead atoms. The van der Waals surface area contributed by atoms with E-state index in [2.05, 4.69) is 66.2 Å². The molecule has 5 rings (SSSR count). The van der Waals surface area contributed by atoms with Gasteiger partial charge in [0.05, 0.1) is 5.71 Å². The quantitative estimate of drug-likeness (QED) is 0.799. The molecule has 0 aromatic heterocycles. The summed E-state index contributed by atoms with van der Waals surface area (Å²) in [7, 11) is 0. The van der Waals surface area contributed by atoms with Crippen LogP contribution in [0.3, 0.4) is 0 Å². The van der Waals surface area contributed by atoms with Gasteiger partial charge in [0, 0.05) is 18.7 Å². The molecular weight excluding hydrogens is 316 g/mol. The minimum atomic E-state index is 0.317. The summed E-state index contributed by atoms with van der Waals surface area (Å²) < 4.78 is 0. The first kappa shape index (κ1) is 15.8. The highest BCUT2D eigenvalue weighted by molar-refractivity contribution is 6.07. The van der Waals surface area contributed by atoms with Crippen LogP contribution in [0.25, 0.3) is 0 Å². The minimum absolute atomic E-state index is 0.317. The van der Waals surface area contributed by atoms with Crippen LogP contribution < -0.4 is 5.32 Å². The third-order valence-electron chi connectivity index (χ3n) is 5.79. The van der Waals surface area contributed by atoms with Gasteiger partial charge in [-0.15, -0.1) is 0 Å². The van der Waals surface area contributed by atoms with Crippen molar-refractivity contribution >= 4 is 5.71 Å². The standard InChI is InChI=1S/C24H24N2/c1-2-6-19(5-1)23-16-26-24-20(7-3-4-8-22(23)24)13-17-9-10-18-11-12-25-15-21(18)14-17/h1,4-10,14,16,22,25H,2-3,11-13,15H2. The molecular formula is C24H24N2. The minimum Gasteiger partial charge on any atom is -0.312 e. The Morgan fingerprint density at radius 3 is 2.96 bits per heavy atom. The molecule has 2 nitrogen and oxygen atoms in total. The SMILES string of the molecule is C1=CC(C2=CN=C3C(Cc4ccc5c(c4)CNCC5)=CCC=CC23)=CC1. The molecule has 0 fully saturated rings. The van der Waals surface area contributed by atoms with Gasteiger partial charge in [0.15, 0.2) is 0 Å². The van der Waals surface area contributed by atoms with Crippen molar-refractivity contribution in [2.24, 2.45) is 10.9 Å². The first-order valence-electron chi connectivity index (χ1n) is 9.71. The molecule has 2 aliphatic carbocycles. The average molecular weight is 340 g/mol. The van der Waals surface area contributed by atoms with Crippen molar-refractivity contribution < 1.29 is 0 Å². The Morgan fingerprint density at radius 1 is 1.08 bits per heavy atom. The van der Waals surface area contributed by atoms with Crippen molar-refractivity contribution in [3.05, 3.63) is 94.3 Å². The van der Waals surface area contributed by atoms with Gasteiger partial charge < -0.3 is 5.32 Å². The maximum atomic E-state index is 4.86. The highest BCUT2D eigenvalue weighted by Crippen LogP contribution is 2.35. The van der Waals surface area contributed by atoms with Crippen molar-refractivity contribution in [1.29, 1.82) is 0 Å². The van der Waals surface area contributed by atoms with Crippen LogP contribution in [0.2, 0.25) is 0 Å². The fourth-order valence-corrected chi connectivity index (χ4v) is 4.41. The van der Waals surface area contributed by atoms with E-state index in [0.29, 0.717) is 5.92 Å². The summed E-state index contributed by atoms with van der Waals surface area (Å²) in [6, 6.07) is 7.03. The second kappa shape index (κ2) is 6.69. The number of nitrogens with one attached hydrogen (secondary N) is 1. The van der Waals surface area contributed by atoms with E-state index in [1.807, 2.05) is 0 Å². The fraction of sp³-hybridized carbons (Fsp3) is 0.292. The molecule has 0 saturated carbocycles. The predicted molar refractivity (Wildman–Crippen MR) is 108 cm³/mol. The van der Waals surface area contributed by atoms with Crippen LogP contribution in [-0.4, -0.2) is 12.3 Å². The van der Waals surface area contributed by atoms with E-state index in [-0.39, 0.29) is 0 Å². The van der Waals surface area contributed by atoms with Crippen LogP contribution >= 0.6 is 0 Å². The Bertz CT molecular complexity index is 922. The monoisotopic (exact) mass is 340 g/mol. The Labute approximate surface area is 155 Å².